The van der Waals surface area contributed by atoms with Gasteiger partial charge in [-0.25, -0.2) is 9.78 Å². The molecule has 1 aromatic heterocycles. The summed E-state index contributed by atoms with van der Waals surface area (Å²) in [5.41, 5.74) is 0.112. The lowest BCUT2D eigenvalue weighted by Crippen LogP contribution is -2.01. The van der Waals surface area contributed by atoms with E-state index in [0.29, 0.717) is 4.47 Å². The van der Waals surface area contributed by atoms with Gasteiger partial charge in [0.25, 0.3) is 0 Å². The Morgan fingerprint density at radius 1 is 1.67 bits per heavy atom. The Morgan fingerprint density at radius 2 is 2.33 bits per heavy atom. The zero-order chi connectivity index (χ0) is 9.14. The van der Waals surface area contributed by atoms with E-state index in [-0.39, 0.29) is 11.4 Å². The molecule has 0 saturated heterocycles. The zero-order valence-electron chi connectivity index (χ0n) is 5.71. The molecule has 1 heterocycles. The number of carboxylic acid groups (broad SMARTS) is 1. The second-order valence-electron chi connectivity index (χ2n) is 1.95. The lowest BCUT2D eigenvalue weighted by atomic mass is 10.3. The van der Waals surface area contributed by atoms with Crippen molar-refractivity contribution in [1.29, 1.82) is 0 Å². The summed E-state index contributed by atoms with van der Waals surface area (Å²) < 4.78 is 3.13. The van der Waals surface area contributed by atoms with E-state index in [1.165, 1.54) is 12.3 Å². The first kappa shape index (κ1) is 9.47. The van der Waals surface area contributed by atoms with Crippen LogP contribution in [-0.2, 0) is 0 Å². The molecule has 0 radical (unpaired) electrons. The van der Waals surface area contributed by atoms with E-state index < -0.39 is 5.97 Å². The average molecular weight is 296 g/mol. The van der Waals surface area contributed by atoms with Crippen molar-refractivity contribution in [2.24, 2.45) is 0 Å². The topological polar surface area (TPSA) is 62.2 Å². The van der Waals surface area contributed by atoms with Crippen LogP contribution in [0.4, 0.5) is 5.82 Å². The minimum absolute atomic E-state index is 0.112. The van der Waals surface area contributed by atoms with E-state index >= 15 is 0 Å². The number of rotatable bonds is 2. The maximum absolute atomic E-state index is 10.6. The highest BCUT2D eigenvalue weighted by molar-refractivity contribution is 9.10. The smallest absolute Gasteiger partial charge is 0.339 e. The number of pyridine rings is 1. The summed E-state index contributed by atoms with van der Waals surface area (Å²) in [6, 6.07) is 1.47. The van der Waals surface area contributed by atoms with E-state index in [9.17, 15) is 4.79 Å². The van der Waals surface area contributed by atoms with Gasteiger partial charge in [0.15, 0.2) is 5.82 Å². The summed E-state index contributed by atoms with van der Waals surface area (Å²) in [4.78, 5) is 14.4. The van der Waals surface area contributed by atoms with Crippen molar-refractivity contribution in [1.82, 2.24) is 4.98 Å². The lowest BCUT2D eigenvalue weighted by molar-refractivity contribution is 0.0697. The highest BCUT2D eigenvalue weighted by atomic mass is 79.9. The summed E-state index contributed by atoms with van der Waals surface area (Å²) in [5.74, 6) is -0.739. The summed E-state index contributed by atoms with van der Waals surface area (Å²) >= 11 is 6.03. The number of halogens is 2. The number of hydrogen-bond donors (Lipinski definition) is 2. The van der Waals surface area contributed by atoms with Crippen LogP contribution >= 0.6 is 32.1 Å². The van der Waals surface area contributed by atoms with Crippen molar-refractivity contribution in [3.05, 3.63) is 22.3 Å². The number of anilines is 1. The monoisotopic (exact) mass is 294 g/mol. The van der Waals surface area contributed by atoms with Crippen molar-refractivity contribution >= 4 is 43.9 Å². The molecule has 0 aliphatic rings. The summed E-state index contributed by atoms with van der Waals surface area (Å²) in [6.45, 7) is 0. The fraction of sp³-hybridized carbons (Fsp3) is 0. The quantitative estimate of drug-likeness (QED) is 0.822. The maximum Gasteiger partial charge on any atom is 0.339 e. The van der Waals surface area contributed by atoms with E-state index in [0.717, 1.165) is 0 Å². The molecule has 0 aromatic carbocycles. The van der Waals surface area contributed by atoms with Crippen LogP contribution in [0.5, 0.6) is 0 Å². The molecule has 0 unspecified atom stereocenters. The predicted octanol–water partition coefficient (Wildman–Crippen LogP) is 2.26. The highest BCUT2D eigenvalue weighted by Gasteiger charge is 2.10. The van der Waals surface area contributed by atoms with Crippen molar-refractivity contribution in [2.45, 2.75) is 0 Å². The molecule has 6 heteroatoms. The van der Waals surface area contributed by atoms with Gasteiger partial charge in [-0.1, -0.05) is 0 Å². The molecule has 4 nitrogen and oxygen atoms in total. The van der Waals surface area contributed by atoms with E-state index in [1.54, 1.807) is 0 Å². The van der Waals surface area contributed by atoms with Gasteiger partial charge in [-0.05, 0) is 22.0 Å². The van der Waals surface area contributed by atoms with Crippen molar-refractivity contribution in [3.8, 4) is 0 Å². The van der Waals surface area contributed by atoms with Gasteiger partial charge >= 0.3 is 5.97 Å². The summed E-state index contributed by atoms with van der Waals surface area (Å²) in [7, 11) is 0. The van der Waals surface area contributed by atoms with Gasteiger partial charge in [-0.15, -0.1) is 0 Å². The van der Waals surface area contributed by atoms with Crippen LogP contribution in [0.3, 0.4) is 0 Å². The third kappa shape index (κ3) is 1.95. The molecule has 12 heavy (non-hydrogen) atoms. The van der Waals surface area contributed by atoms with Gasteiger partial charge in [0.2, 0.25) is 0 Å². The fourth-order valence-electron chi connectivity index (χ4n) is 0.678. The molecule has 0 amide bonds. The first-order valence-corrected chi connectivity index (χ1v) is 4.49. The van der Waals surface area contributed by atoms with Crippen LogP contribution in [0.25, 0.3) is 0 Å². The largest absolute Gasteiger partial charge is 0.478 e. The van der Waals surface area contributed by atoms with Crippen LogP contribution < -0.4 is 4.34 Å². The van der Waals surface area contributed by atoms with Crippen molar-refractivity contribution < 1.29 is 9.90 Å². The first-order valence-electron chi connectivity index (χ1n) is 2.90. The molecule has 0 aliphatic heterocycles. The van der Waals surface area contributed by atoms with Crippen molar-refractivity contribution in [3.63, 3.8) is 0 Å². The molecule has 1 aromatic rings. The number of nitrogens with zero attached hydrogens (tertiary/aromatic N) is 1. The van der Waals surface area contributed by atoms with Crippen LogP contribution in [0.1, 0.15) is 10.4 Å². The first-order chi connectivity index (χ1) is 5.65. The minimum atomic E-state index is -1.02. The molecule has 0 atom stereocenters. The zero-order valence-corrected chi connectivity index (χ0v) is 8.89. The van der Waals surface area contributed by atoms with Gasteiger partial charge in [0.1, 0.15) is 5.56 Å². The summed E-state index contributed by atoms with van der Waals surface area (Å²) in [5, 5.41) is 8.70. The van der Waals surface area contributed by atoms with Gasteiger partial charge < -0.3 is 9.45 Å². The Morgan fingerprint density at radius 3 is 2.83 bits per heavy atom. The molecule has 2 N–H and O–H groups in total. The van der Waals surface area contributed by atoms with Crippen LogP contribution in [0.15, 0.2) is 16.7 Å². The number of carboxylic acids is 1. The number of hydrogen-bond acceptors (Lipinski definition) is 3. The Labute approximate surface area is 85.5 Å². The second-order valence-corrected chi connectivity index (χ2v) is 3.26. The normalized spacial score (nSPS) is 9.50. The Balaban J connectivity index is 3.21. The third-order valence-corrected chi connectivity index (χ3v) is 1.98. The molecule has 0 fully saturated rings. The molecule has 0 bridgehead atoms. The summed E-state index contributed by atoms with van der Waals surface area (Å²) in [6.07, 6.45) is 1.51. The number of aromatic carboxylic acids is 1. The van der Waals surface area contributed by atoms with E-state index in [1.807, 2.05) is 0 Å². The molecular formula is C6H4Br2N2O2. The van der Waals surface area contributed by atoms with E-state index in [4.69, 9.17) is 5.11 Å². The molecule has 0 aliphatic carbocycles. The molecule has 64 valence electrons. The Kier molecular flexibility index (Phi) is 3.05. The van der Waals surface area contributed by atoms with Gasteiger partial charge in [0.05, 0.1) is 0 Å². The van der Waals surface area contributed by atoms with Crippen molar-refractivity contribution in [2.75, 3.05) is 4.34 Å². The highest BCUT2D eigenvalue weighted by Crippen LogP contribution is 2.18. The number of carbonyl (C=O) groups is 1. The molecule has 1 rings (SSSR count). The SMILES string of the molecule is O=C(O)c1cc(Br)cnc1NBr. The lowest BCUT2D eigenvalue weighted by Gasteiger charge is -2.01. The second kappa shape index (κ2) is 3.86. The van der Waals surface area contributed by atoms with Gasteiger partial charge in [-0.2, -0.15) is 0 Å². The fourth-order valence-corrected chi connectivity index (χ4v) is 1.32. The third-order valence-electron chi connectivity index (χ3n) is 1.17. The average Bonchev–Trinajstić information content (AvgIpc) is 2.04. The molecular weight excluding hydrogens is 292 g/mol. The maximum atomic E-state index is 10.6. The van der Waals surface area contributed by atoms with Crippen LogP contribution in [0, 0.1) is 0 Å². The standard InChI is InChI=1S/C6H4Br2N2O2/c7-3-1-4(6(11)12)5(10-8)9-2-3/h1-2H,(H,9,10)(H,11,12). The van der Waals surface area contributed by atoms with Gasteiger partial charge in [0, 0.05) is 26.8 Å². The predicted molar refractivity (Wildman–Crippen MR) is 51.4 cm³/mol. The molecule has 0 saturated carbocycles. The van der Waals surface area contributed by atoms with E-state index in [2.05, 4.69) is 41.4 Å². The molecule has 0 spiro atoms. The van der Waals surface area contributed by atoms with Crippen LogP contribution in [0.2, 0.25) is 0 Å². The number of aromatic nitrogens is 1. The Hall–Kier alpha value is -0.620. The number of nitrogens with one attached hydrogen (secondary N) is 1. The van der Waals surface area contributed by atoms with Gasteiger partial charge in [-0.3, -0.25) is 0 Å². The Bertz CT molecular complexity index is 316. The van der Waals surface area contributed by atoms with Crippen LogP contribution in [-0.4, -0.2) is 16.1 Å². The minimum Gasteiger partial charge on any atom is -0.478 e.